The third-order valence-electron chi connectivity index (χ3n) is 3.38. The topological polar surface area (TPSA) is 35.2 Å². The molecule has 2 aromatic carbocycles. The number of ether oxygens (including phenoxy) is 1. The van der Waals surface area contributed by atoms with Gasteiger partial charge in [-0.2, -0.15) is 0 Å². The zero-order chi connectivity index (χ0) is 13.4. The van der Waals surface area contributed by atoms with E-state index >= 15 is 0 Å². The van der Waals surface area contributed by atoms with Crippen LogP contribution in [-0.4, -0.2) is 0 Å². The minimum atomic E-state index is -0.867. The summed E-state index contributed by atoms with van der Waals surface area (Å²) in [5.41, 5.74) is 7.18. The molecule has 2 aromatic rings. The van der Waals surface area contributed by atoms with Crippen LogP contribution in [-0.2, 0) is 0 Å². The Balaban J connectivity index is 1.99. The van der Waals surface area contributed by atoms with E-state index in [1.807, 2.05) is 18.2 Å². The average Bonchev–Trinajstić information content (AvgIpc) is 2.42. The lowest BCUT2D eigenvalue weighted by molar-refractivity contribution is 0.156. The second-order valence-corrected chi connectivity index (χ2v) is 4.63. The molecule has 1 heterocycles. The fraction of sp³-hybridized carbons (Fsp3) is 0.200. The Bertz CT molecular complexity index is 615. The number of nitrogens with two attached hydrogens (primary N) is 1. The van der Waals surface area contributed by atoms with E-state index in [4.69, 9.17) is 10.5 Å². The van der Waals surface area contributed by atoms with Gasteiger partial charge in [0.05, 0.1) is 0 Å². The molecule has 0 spiro atoms. The summed E-state index contributed by atoms with van der Waals surface area (Å²) in [4.78, 5) is 0. The second kappa shape index (κ2) is 4.63. The van der Waals surface area contributed by atoms with Crippen molar-refractivity contribution in [2.45, 2.75) is 18.6 Å². The molecule has 19 heavy (non-hydrogen) atoms. The highest BCUT2D eigenvalue weighted by Crippen LogP contribution is 2.40. The molecule has 3 rings (SSSR count). The van der Waals surface area contributed by atoms with Crippen molar-refractivity contribution in [3.63, 3.8) is 0 Å². The zero-order valence-corrected chi connectivity index (χ0v) is 10.1. The molecule has 2 N–H and O–H groups in total. The number of hydrogen-bond acceptors (Lipinski definition) is 2. The lowest BCUT2D eigenvalue weighted by atomic mass is 9.93. The van der Waals surface area contributed by atoms with Crippen LogP contribution in [0, 0.1) is 11.6 Å². The largest absolute Gasteiger partial charge is 0.485 e. The summed E-state index contributed by atoms with van der Waals surface area (Å²) in [6, 6.07) is 11.2. The van der Waals surface area contributed by atoms with E-state index in [1.165, 1.54) is 12.1 Å². The molecule has 0 radical (unpaired) electrons. The Hall–Kier alpha value is -1.94. The maximum Gasteiger partial charge on any atom is 0.165 e. The van der Waals surface area contributed by atoms with Gasteiger partial charge in [-0.3, -0.25) is 0 Å². The third kappa shape index (κ3) is 2.08. The standard InChI is InChI=1S/C15H13F2NO/c16-11-6-3-5-10(15(11)17)14-8-12(18)9-4-1-2-7-13(9)19-14/h1-7,12,14H,8,18H2. The number of fused-ring (bicyclic) bond motifs is 1. The SMILES string of the molecule is NC1CC(c2cccc(F)c2F)Oc2ccccc21. The van der Waals surface area contributed by atoms with Crippen LogP contribution in [0.2, 0.25) is 0 Å². The van der Waals surface area contributed by atoms with Gasteiger partial charge in [-0.25, -0.2) is 8.78 Å². The molecule has 0 saturated heterocycles. The highest BCUT2D eigenvalue weighted by Gasteiger charge is 2.29. The van der Waals surface area contributed by atoms with Gasteiger partial charge >= 0.3 is 0 Å². The first-order chi connectivity index (χ1) is 9.16. The molecule has 4 heteroatoms. The van der Waals surface area contributed by atoms with E-state index in [0.717, 1.165) is 11.6 Å². The molecule has 0 bridgehead atoms. The maximum atomic E-state index is 13.8. The van der Waals surface area contributed by atoms with Crippen molar-refractivity contribution in [2.24, 2.45) is 5.73 Å². The first kappa shape index (κ1) is 12.1. The normalized spacial score (nSPS) is 21.6. The molecule has 1 aliphatic rings. The fourth-order valence-electron chi connectivity index (χ4n) is 2.41. The highest BCUT2D eigenvalue weighted by atomic mass is 19.2. The Morgan fingerprint density at radius 1 is 1.00 bits per heavy atom. The van der Waals surface area contributed by atoms with Gasteiger partial charge in [0.1, 0.15) is 11.9 Å². The number of para-hydroxylation sites is 1. The van der Waals surface area contributed by atoms with E-state index in [1.54, 1.807) is 6.07 Å². The predicted octanol–water partition coefficient (Wildman–Crippen LogP) is 3.49. The van der Waals surface area contributed by atoms with Crippen LogP contribution in [0.3, 0.4) is 0 Å². The van der Waals surface area contributed by atoms with Crippen molar-refractivity contribution < 1.29 is 13.5 Å². The van der Waals surface area contributed by atoms with Gasteiger partial charge in [0, 0.05) is 23.6 Å². The van der Waals surface area contributed by atoms with Gasteiger partial charge in [0.25, 0.3) is 0 Å². The van der Waals surface area contributed by atoms with Gasteiger partial charge in [0.2, 0.25) is 0 Å². The van der Waals surface area contributed by atoms with Crippen molar-refractivity contribution in [2.75, 3.05) is 0 Å². The van der Waals surface area contributed by atoms with E-state index in [9.17, 15) is 8.78 Å². The summed E-state index contributed by atoms with van der Waals surface area (Å²) >= 11 is 0. The van der Waals surface area contributed by atoms with Gasteiger partial charge in [-0.05, 0) is 12.1 Å². The number of benzene rings is 2. The van der Waals surface area contributed by atoms with E-state index < -0.39 is 17.7 Å². The molecule has 0 aliphatic carbocycles. The fourth-order valence-corrected chi connectivity index (χ4v) is 2.41. The summed E-state index contributed by atoms with van der Waals surface area (Å²) in [6.07, 6.45) is -0.127. The number of hydrogen-bond donors (Lipinski definition) is 1. The van der Waals surface area contributed by atoms with Gasteiger partial charge in [-0.1, -0.05) is 30.3 Å². The number of rotatable bonds is 1. The van der Waals surface area contributed by atoms with Crippen LogP contribution in [0.5, 0.6) is 5.75 Å². The van der Waals surface area contributed by atoms with Crippen LogP contribution >= 0.6 is 0 Å². The van der Waals surface area contributed by atoms with Crippen LogP contribution in [0.4, 0.5) is 8.78 Å². The highest BCUT2D eigenvalue weighted by molar-refractivity contribution is 5.39. The average molecular weight is 261 g/mol. The van der Waals surface area contributed by atoms with E-state index in [-0.39, 0.29) is 11.6 Å². The molecule has 0 saturated carbocycles. The Morgan fingerprint density at radius 3 is 2.58 bits per heavy atom. The van der Waals surface area contributed by atoms with E-state index in [2.05, 4.69) is 0 Å². The molecule has 0 fully saturated rings. The Kier molecular flexibility index (Phi) is 2.95. The predicted molar refractivity (Wildman–Crippen MR) is 67.7 cm³/mol. The lowest BCUT2D eigenvalue weighted by Gasteiger charge is -2.30. The molecule has 2 nitrogen and oxygen atoms in total. The van der Waals surface area contributed by atoms with Crippen molar-refractivity contribution >= 4 is 0 Å². The molecule has 1 aliphatic heterocycles. The quantitative estimate of drug-likeness (QED) is 0.852. The van der Waals surface area contributed by atoms with Crippen LogP contribution in [0.1, 0.15) is 29.7 Å². The van der Waals surface area contributed by atoms with Gasteiger partial charge in [-0.15, -0.1) is 0 Å². The minimum Gasteiger partial charge on any atom is -0.485 e. The molecule has 2 unspecified atom stereocenters. The van der Waals surface area contributed by atoms with Crippen molar-refractivity contribution in [1.82, 2.24) is 0 Å². The minimum absolute atomic E-state index is 0.213. The summed E-state index contributed by atoms with van der Waals surface area (Å²) in [6.45, 7) is 0. The molecular formula is C15H13F2NO. The maximum absolute atomic E-state index is 13.8. The molecular weight excluding hydrogens is 248 g/mol. The lowest BCUT2D eigenvalue weighted by Crippen LogP contribution is -2.24. The van der Waals surface area contributed by atoms with Crippen LogP contribution in [0.15, 0.2) is 42.5 Å². The monoisotopic (exact) mass is 261 g/mol. The van der Waals surface area contributed by atoms with Crippen molar-refractivity contribution in [3.8, 4) is 5.75 Å². The van der Waals surface area contributed by atoms with Crippen molar-refractivity contribution in [1.29, 1.82) is 0 Å². The van der Waals surface area contributed by atoms with Gasteiger partial charge in [0.15, 0.2) is 11.6 Å². The first-order valence-electron chi connectivity index (χ1n) is 6.12. The summed E-state index contributed by atoms with van der Waals surface area (Å²) < 4.78 is 32.8. The molecule has 0 aromatic heterocycles. The zero-order valence-electron chi connectivity index (χ0n) is 10.1. The van der Waals surface area contributed by atoms with Gasteiger partial charge < -0.3 is 10.5 Å². The van der Waals surface area contributed by atoms with E-state index in [0.29, 0.717) is 12.2 Å². The van der Waals surface area contributed by atoms with Crippen LogP contribution in [0.25, 0.3) is 0 Å². The Morgan fingerprint density at radius 2 is 1.74 bits per heavy atom. The Labute approximate surface area is 109 Å². The first-order valence-corrected chi connectivity index (χ1v) is 6.12. The smallest absolute Gasteiger partial charge is 0.165 e. The van der Waals surface area contributed by atoms with Crippen molar-refractivity contribution in [3.05, 3.63) is 65.2 Å². The molecule has 0 amide bonds. The summed E-state index contributed by atoms with van der Waals surface area (Å²) in [5.74, 6) is -1.09. The summed E-state index contributed by atoms with van der Waals surface area (Å²) in [7, 11) is 0. The van der Waals surface area contributed by atoms with Crippen LogP contribution < -0.4 is 10.5 Å². The third-order valence-corrected chi connectivity index (χ3v) is 3.38. The second-order valence-electron chi connectivity index (χ2n) is 4.63. The summed E-state index contributed by atoms with van der Waals surface area (Å²) in [5, 5.41) is 0. The number of halogens is 2. The molecule has 98 valence electrons. The molecule has 2 atom stereocenters.